The van der Waals surface area contributed by atoms with Crippen molar-refractivity contribution >= 4 is 18.3 Å². The van der Waals surface area contributed by atoms with Gasteiger partial charge in [0.15, 0.2) is 0 Å². The Bertz CT molecular complexity index is 322. The molecule has 0 aromatic rings. The fourth-order valence-electron chi connectivity index (χ4n) is 2.95. The lowest BCUT2D eigenvalue weighted by molar-refractivity contribution is -0.139. The van der Waals surface area contributed by atoms with Gasteiger partial charge in [-0.2, -0.15) is 0 Å². The molecule has 1 aliphatic carbocycles. The third-order valence-corrected chi connectivity index (χ3v) is 4.93. The molecule has 0 radical (unpaired) electrons. The molecule has 4 nitrogen and oxygen atoms in total. The Morgan fingerprint density at radius 3 is 2.45 bits per heavy atom. The molecule has 0 aromatic carbocycles. The van der Waals surface area contributed by atoms with Crippen LogP contribution in [0.15, 0.2) is 0 Å². The van der Waals surface area contributed by atoms with Gasteiger partial charge in [-0.3, -0.25) is 4.79 Å². The Balaban J connectivity index is 0.00000441. The van der Waals surface area contributed by atoms with Gasteiger partial charge in [0.1, 0.15) is 6.10 Å². The molecule has 22 heavy (non-hydrogen) atoms. The summed E-state index contributed by atoms with van der Waals surface area (Å²) in [6, 6.07) is 0. The third-order valence-electron chi connectivity index (χ3n) is 4.93. The predicted octanol–water partition coefficient (Wildman–Crippen LogP) is 3.42. The lowest BCUT2D eigenvalue weighted by Crippen LogP contribution is -2.51. The van der Waals surface area contributed by atoms with Crippen molar-refractivity contribution in [2.24, 2.45) is 11.7 Å². The Hall–Kier alpha value is -0.320. The Labute approximate surface area is 142 Å². The molecule has 3 atom stereocenters. The standard InChI is InChI=1S/C17H34N2O2.ClH/c1-5-15(21-14-10-8-9-13(4)11-14)16(20)19-12-17(18,6-2)7-3;/h13-15H,5-12,18H2,1-4H3,(H,19,20);1H. The smallest absolute Gasteiger partial charge is 0.249 e. The summed E-state index contributed by atoms with van der Waals surface area (Å²) in [5, 5.41) is 2.99. The summed E-state index contributed by atoms with van der Waals surface area (Å²) in [6.07, 6.45) is 7.00. The van der Waals surface area contributed by atoms with Crippen LogP contribution >= 0.6 is 12.4 Å². The third kappa shape index (κ3) is 6.84. The molecule has 3 N–H and O–H groups in total. The number of carbonyl (C=O) groups is 1. The van der Waals surface area contributed by atoms with Gasteiger partial charge in [-0.05, 0) is 38.0 Å². The lowest BCUT2D eigenvalue weighted by atomic mass is 9.88. The first-order valence-electron chi connectivity index (χ1n) is 8.66. The van der Waals surface area contributed by atoms with E-state index in [4.69, 9.17) is 10.5 Å². The highest BCUT2D eigenvalue weighted by Crippen LogP contribution is 2.27. The van der Waals surface area contributed by atoms with Crippen molar-refractivity contribution in [3.05, 3.63) is 0 Å². The average molecular weight is 335 g/mol. The minimum atomic E-state index is -0.335. The zero-order chi connectivity index (χ0) is 15.9. The molecule has 132 valence electrons. The van der Waals surface area contributed by atoms with Gasteiger partial charge in [0, 0.05) is 12.1 Å². The van der Waals surface area contributed by atoms with Gasteiger partial charge in [0.2, 0.25) is 5.91 Å². The van der Waals surface area contributed by atoms with E-state index in [1.807, 2.05) is 6.92 Å². The first-order chi connectivity index (χ1) is 9.94. The van der Waals surface area contributed by atoms with Crippen LogP contribution in [-0.4, -0.2) is 30.2 Å². The fraction of sp³-hybridized carbons (Fsp3) is 0.941. The van der Waals surface area contributed by atoms with Gasteiger partial charge in [-0.1, -0.05) is 40.5 Å². The molecule has 0 aliphatic heterocycles. The van der Waals surface area contributed by atoms with Crippen LogP contribution in [-0.2, 0) is 9.53 Å². The van der Waals surface area contributed by atoms with Crippen LogP contribution < -0.4 is 11.1 Å². The number of hydrogen-bond acceptors (Lipinski definition) is 3. The number of amides is 1. The molecule has 3 unspecified atom stereocenters. The van der Waals surface area contributed by atoms with Gasteiger partial charge < -0.3 is 15.8 Å². The average Bonchev–Trinajstić information content (AvgIpc) is 2.50. The highest BCUT2D eigenvalue weighted by atomic mass is 35.5. The summed E-state index contributed by atoms with van der Waals surface area (Å²) in [5.41, 5.74) is 5.94. The molecule has 1 rings (SSSR count). The summed E-state index contributed by atoms with van der Waals surface area (Å²) in [6.45, 7) is 8.92. The van der Waals surface area contributed by atoms with Crippen LogP contribution in [0.3, 0.4) is 0 Å². The summed E-state index contributed by atoms with van der Waals surface area (Å²) in [7, 11) is 0. The molecular formula is C17H35ClN2O2. The topological polar surface area (TPSA) is 64.3 Å². The summed E-state index contributed by atoms with van der Waals surface area (Å²) in [5.74, 6) is 0.702. The minimum Gasteiger partial charge on any atom is -0.365 e. The molecule has 1 aliphatic rings. The van der Waals surface area contributed by atoms with Crippen LogP contribution in [0.2, 0.25) is 0 Å². The largest absolute Gasteiger partial charge is 0.365 e. The molecular weight excluding hydrogens is 300 g/mol. The van der Waals surface area contributed by atoms with E-state index >= 15 is 0 Å². The number of nitrogens with one attached hydrogen (secondary N) is 1. The lowest BCUT2D eigenvalue weighted by Gasteiger charge is -2.31. The van der Waals surface area contributed by atoms with Gasteiger partial charge >= 0.3 is 0 Å². The number of hydrogen-bond donors (Lipinski definition) is 2. The second-order valence-electron chi connectivity index (χ2n) is 6.71. The summed E-state index contributed by atoms with van der Waals surface area (Å²) < 4.78 is 6.05. The zero-order valence-corrected chi connectivity index (χ0v) is 15.5. The van der Waals surface area contributed by atoms with Crippen LogP contribution in [0.1, 0.15) is 72.6 Å². The van der Waals surface area contributed by atoms with Crippen LogP contribution in [0.4, 0.5) is 0 Å². The fourth-order valence-corrected chi connectivity index (χ4v) is 2.95. The van der Waals surface area contributed by atoms with Crippen LogP contribution in [0.5, 0.6) is 0 Å². The second kappa shape index (κ2) is 10.5. The van der Waals surface area contributed by atoms with Crippen molar-refractivity contribution in [2.75, 3.05) is 6.54 Å². The number of ether oxygens (including phenoxy) is 1. The van der Waals surface area contributed by atoms with Crippen molar-refractivity contribution in [1.29, 1.82) is 0 Å². The second-order valence-corrected chi connectivity index (χ2v) is 6.71. The predicted molar refractivity (Wildman–Crippen MR) is 94.3 cm³/mol. The Kier molecular flexibility index (Phi) is 10.3. The van der Waals surface area contributed by atoms with Crippen molar-refractivity contribution in [3.8, 4) is 0 Å². The zero-order valence-electron chi connectivity index (χ0n) is 14.7. The van der Waals surface area contributed by atoms with Crippen molar-refractivity contribution in [2.45, 2.75) is 90.4 Å². The summed E-state index contributed by atoms with van der Waals surface area (Å²) >= 11 is 0. The quantitative estimate of drug-likeness (QED) is 0.715. The Morgan fingerprint density at radius 1 is 1.32 bits per heavy atom. The first-order valence-corrected chi connectivity index (χ1v) is 8.66. The maximum atomic E-state index is 12.3. The van der Waals surface area contributed by atoms with Crippen molar-refractivity contribution < 1.29 is 9.53 Å². The number of rotatable bonds is 8. The molecule has 1 fully saturated rings. The summed E-state index contributed by atoms with van der Waals surface area (Å²) in [4.78, 5) is 12.3. The van der Waals surface area contributed by atoms with E-state index in [1.165, 1.54) is 12.8 Å². The van der Waals surface area contributed by atoms with Gasteiger partial charge in [0.05, 0.1) is 6.10 Å². The van der Waals surface area contributed by atoms with E-state index < -0.39 is 0 Å². The maximum Gasteiger partial charge on any atom is 0.249 e. The number of halogens is 1. The molecule has 0 aromatic heterocycles. The van der Waals surface area contributed by atoms with Crippen molar-refractivity contribution in [3.63, 3.8) is 0 Å². The molecule has 0 saturated heterocycles. The SMILES string of the molecule is CCC(OC1CCCC(C)C1)C(=O)NCC(N)(CC)CC.Cl. The molecule has 1 amide bonds. The van der Waals surface area contributed by atoms with Gasteiger partial charge in [-0.25, -0.2) is 0 Å². The number of nitrogens with two attached hydrogens (primary N) is 1. The highest BCUT2D eigenvalue weighted by molar-refractivity contribution is 5.85. The van der Waals surface area contributed by atoms with E-state index in [0.717, 1.165) is 25.7 Å². The Morgan fingerprint density at radius 2 is 1.95 bits per heavy atom. The van der Waals surface area contributed by atoms with Crippen molar-refractivity contribution in [1.82, 2.24) is 5.32 Å². The van der Waals surface area contributed by atoms with Gasteiger partial charge in [0.25, 0.3) is 0 Å². The number of carbonyl (C=O) groups excluding carboxylic acids is 1. The van der Waals surface area contributed by atoms with E-state index in [2.05, 4.69) is 26.1 Å². The van der Waals surface area contributed by atoms with E-state index in [1.54, 1.807) is 0 Å². The normalized spacial score (nSPS) is 23.5. The van der Waals surface area contributed by atoms with Crippen LogP contribution in [0.25, 0.3) is 0 Å². The van der Waals surface area contributed by atoms with E-state index in [0.29, 0.717) is 18.9 Å². The van der Waals surface area contributed by atoms with E-state index in [9.17, 15) is 4.79 Å². The van der Waals surface area contributed by atoms with E-state index in [-0.39, 0.29) is 36.1 Å². The molecule has 1 saturated carbocycles. The first kappa shape index (κ1) is 21.7. The molecule has 5 heteroatoms. The van der Waals surface area contributed by atoms with Crippen LogP contribution in [0, 0.1) is 5.92 Å². The minimum absolute atomic E-state index is 0. The van der Waals surface area contributed by atoms with Gasteiger partial charge in [-0.15, -0.1) is 12.4 Å². The highest BCUT2D eigenvalue weighted by Gasteiger charge is 2.27. The molecule has 0 heterocycles. The monoisotopic (exact) mass is 334 g/mol. The molecule has 0 bridgehead atoms. The maximum absolute atomic E-state index is 12.3. The molecule has 0 spiro atoms.